The van der Waals surface area contributed by atoms with E-state index < -0.39 is 0 Å². The predicted octanol–water partition coefficient (Wildman–Crippen LogP) is 33.3. The molecular formula is C91H164N2Pd. The average molecular weight is 1390 g/mol. The molecule has 0 aliphatic carbocycles. The molecule has 548 valence electrons. The third-order valence-electron chi connectivity index (χ3n) is 20.9. The Bertz CT molecular complexity index is 1920. The van der Waals surface area contributed by atoms with Crippen molar-refractivity contribution >= 4 is 11.4 Å². The van der Waals surface area contributed by atoms with Gasteiger partial charge in [-0.25, -0.2) is 4.70 Å². The van der Waals surface area contributed by atoms with Crippen LogP contribution in [0, 0.1) is 0 Å². The van der Waals surface area contributed by atoms with Crippen LogP contribution in [-0.2, 0) is 30.8 Å². The first kappa shape index (κ1) is 88.3. The number of benzene rings is 2. The smallest absolute Gasteiger partial charge is 0.493 e. The number of rotatable bonds is 71. The second-order valence-electron chi connectivity index (χ2n) is 30.0. The summed E-state index contributed by atoms with van der Waals surface area (Å²) in [4.78, 5) is 3.10. The van der Waals surface area contributed by atoms with Crippen molar-refractivity contribution in [3.63, 3.8) is 0 Å². The maximum absolute atomic E-state index is 11.8. The van der Waals surface area contributed by atoms with Crippen molar-refractivity contribution in [1.29, 1.82) is 0 Å². The number of hydrogen-bond acceptors (Lipinski definition) is 0. The second-order valence-corrected chi connectivity index (χ2v) is 32.3. The summed E-state index contributed by atoms with van der Waals surface area (Å²) in [5.41, 5.74) is 21.6. The molecule has 1 aliphatic heterocycles. The standard InChI is InChI=1S/C35H50N2.2C28H57.Pd/c1-5-9-13-15-18-29-19-16-20-31(27-29)35-32(21-12-8-4)33(22-14-10-6-2)34(37(35)36)30-25-23-28(24-26-30)17-11-7-3;2*1-3-5-7-9-11-13-15-17-19-21-23-25-27-28-26-24-22-20-18-16-14-12-10-8-6-4-2;/h16,19-20,23-27H,5-15,17-18,21-22H2,1-4H3;2*1,3-28H2,2H3;. The van der Waals surface area contributed by atoms with Crippen LogP contribution in [0.1, 0.15) is 481 Å². The van der Waals surface area contributed by atoms with Crippen LogP contribution in [0.15, 0.2) is 59.7 Å². The molecule has 3 heteroatoms. The quantitative estimate of drug-likeness (QED) is 0.0358. The van der Waals surface area contributed by atoms with E-state index >= 15 is 0 Å². The fourth-order valence-electron chi connectivity index (χ4n) is 14.6. The first-order valence-electron chi connectivity index (χ1n) is 43.1. The van der Waals surface area contributed by atoms with E-state index in [0.717, 1.165) is 85.4 Å². The minimum absolute atomic E-state index is 1.01. The first-order valence-corrected chi connectivity index (χ1v) is 45.3. The van der Waals surface area contributed by atoms with Gasteiger partial charge in [0.15, 0.2) is 0 Å². The zero-order chi connectivity index (χ0) is 67.4. The number of nitrogens with zero attached hydrogens (tertiary/aromatic N) is 2. The zero-order valence-corrected chi connectivity index (χ0v) is 66.2. The Morgan fingerprint density at radius 1 is 0.234 bits per heavy atom. The van der Waals surface area contributed by atoms with E-state index in [2.05, 4.69) is 90.1 Å². The summed E-state index contributed by atoms with van der Waals surface area (Å²) in [7, 11) is 0. The number of aryl methyl sites for hydroxylation is 2. The van der Waals surface area contributed by atoms with Gasteiger partial charge in [-0.05, 0) is 86.8 Å². The number of unbranched alkanes of at least 4 members (excludes halogenated alkanes) is 57. The molecule has 2 aromatic rings. The molecule has 2 aromatic carbocycles. The maximum atomic E-state index is 11.8. The van der Waals surface area contributed by atoms with Gasteiger partial charge < -0.3 is 5.53 Å². The molecule has 0 saturated carbocycles. The molecule has 3 rings (SSSR count). The van der Waals surface area contributed by atoms with Crippen molar-refractivity contribution in [2.45, 2.75) is 482 Å². The van der Waals surface area contributed by atoms with Gasteiger partial charge >= 0.3 is 169 Å². The van der Waals surface area contributed by atoms with Crippen LogP contribution in [0.4, 0.5) is 0 Å². The van der Waals surface area contributed by atoms with Crippen molar-refractivity contribution in [3.8, 4) is 0 Å². The number of allylic oxidation sites excluding steroid dienone is 2. The van der Waals surface area contributed by atoms with Crippen LogP contribution in [0.3, 0.4) is 0 Å². The Morgan fingerprint density at radius 2 is 0.479 bits per heavy atom. The van der Waals surface area contributed by atoms with Gasteiger partial charge in [0.2, 0.25) is 11.4 Å². The summed E-state index contributed by atoms with van der Waals surface area (Å²) in [6, 6.07) is 17.9. The van der Waals surface area contributed by atoms with Gasteiger partial charge in [-0.1, -0.05) is 303 Å². The summed E-state index contributed by atoms with van der Waals surface area (Å²) in [5.74, 6) is 0. The van der Waals surface area contributed by atoms with Crippen molar-refractivity contribution in [1.82, 2.24) is 0 Å². The Hall–Kier alpha value is -1.82. The first-order chi connectivity index (χ1) is 46.6. The van der Waals surface area contributed by atoms with Crippen molar-refractivity contribution in [3.05, 3.63) is 87.5 Å². The van der Waals surface area contributed by atoms with Gasteiger partial charge in [0.25, 0.3) is 0 Å². The second kappa shape index (κ2) is 69.7. The molecule has 0 amide bonds. The molecule has 1 aliphatic rings. The van der Waals surface area contributed by atoms with Gasteiger partial charge in [-0.15, -0.1) is 0 Å². The van der Waals surface area contributed by atoms with E-state index in [-0.39, 0.29) is 0 Å². The Morgan fingerprint density at radius 3 is 0.809 bits per heavy atom. The van der Waals surface area contributed by atoms with E-state index in [9.17, 15) is 5.53 Å². The molecule has 0 unspecified atom stereocenters. The van der Waals surface area contributed by atoms with Crippen LogP contribution < -0.4 is 0 Å². The summed E-state index contributed by atoms with van der Waals surface area (Å²) < 4.78 is 1.55. The summed E-state index contributed by atoms with van der Waals surface area (Å²) in [6.45, 7) is 13.7. The average Bonchev–Trinajstić information content (AvgIpc) is 1.61. The molecule has 0 N–H and O–H groups in total. The fourth-order valence-corrected chi connectivity index (χ4v) is 16.5. The summed E-state index contributed by atoms with van der Waals surface area (Å²) in [5, 5.41) is 0. The molecular weight excluding hydrogens is 1230 g/mol. The zero-order valence-electron chi connectivity index (χ0n) is 64.6. The van der Waals surface area contributed by atoms with Gasteiger partial charge in [0, 0.05) is 22.3 Å². The Kier molecular flexibility index (Phi) is 65.4. The molecule has 0 atom stereocenters. The van der Waals surface area contributed by atoms with E-state index in [1.54, 1.807) is 14.5 Å². The molecule has 0 radical (unpaired) electrons. The van der Waals surface area contributed by atoms with Crippen LogP contribution in [0.25, 0.3) is 16.9 Å². The third kappa shape index (κ3) is 50.5. The van der Waals surface area contributed by atoms with E-state index in [4.69, 9.17) is 0 Å². The molecule has 0 saturated heterocycles. The predicted molar refractivity (Wildman–Crippen MR) is 422 cm³/mol. The molecule has 1 heterocycles. The normalized spacial score (nSPS) is 12.6. The third-order valence-corrected chi connectivity index (χ3v) is 23.1. The van der Waals surface area contributed by atoms with Crippen molar-refractivity contribution in [2.24, 2.45) is 0 Å². The van der Waals surface area contributed by atoms with Crippen LogP contribution in [0.5, 0.6) is 0 Å². The van der Waals surface area contributed by atoms with Crippen molar-refractivity contribution in [2.75, 3.05) is 0 Å². The van der Waals surface area contributed by atoms with Crippen LogP contribution in [-0.4, -0.2) is 4.70 Å². The minimum atomic E-state index is 1.01. The van der Waals surface area contributed by atoms with Crippen LogP contribution in [0.2, 0.25) is 9.79 Å². The van der Waals surface area contributed by atoms with E-state index in [0.29, 0.717) is 0 Å². The Labute approximate surface area is 599 Å². The molecule has 94 heavy (non-hydrogen) atoms. The van der Waals surface area contributed by atoms with Crippen LogP contribution >= 0.6 is 0 Å². The molecule has 0 aromatic heterocycles. The molecule has 2 nitrogen and oxygen atoms in total. The monoisotopic (exact) mass is 1390 g/mol. The topological polar surface area (TPSA) is 25.3 Å². The molecule has 0 spiro atoms. The van der Waals surface area contributed by atoms with Gasteiger partial charge in [-0.2, -0.15) is 0 Å². The Balaban J connectivity index is 0.000000696. The minimum Gasteiger partial charge on any atom is -0.493 e. The van der Waals surface area contributed by atoms with Gasteiger partial charge in [-0.3, -0.25) is 0 Å². The molecule has 0 fully saturated rings. The van der Waals surface area contributed by atoms with E-state index in [1.807, 2.05) is 0 Å². The number of hydrogen-bond donors (Lipinski definition) is 0. The van der Waals surface area contributed by atoms with E-state index in [1.165, 1.54) is 408 Å². The van der Waals surface area contributed by atoms with Gasteiger partial charge in [0.1, 0.15) is 0 Å². The molecule has 0 bridgehead atoms. The SMILES string of the molecule is CCCCCCCCCCCCCCCCCCCCCCCCCCC[CH2][Pd][CH2]CCCCCCCCCCCCCCCCCCCCCCCCCCC.CCCCCCc1cccc(C2=C(CCCC)C(CCCCC)=C(c3ccc(CCCC)cc3)[N+]2=[N-])c1. The summed E-state index contributed by atoms with van der Waals surface area (Å²) >= 11 is 1.05. The van der Waals surface area contributed by atoms with Crippen molar-refractivity contribution < 1.29 is 22.7 Å². The van der Waals surface area contributed by atoms with Gasteiger partial charge in [0.05, 0.1) is 0 Å². The summed E-state index contributed by atoms with van der Waals surface area (Å²) in [6.07, 6.45) is 95.2. The fraction of sp³-hybridized carbons (Fsp3) is 0.824.